The SMILES string of the molecule is CCCC(C)(C)n1c(CC)nc(C(=O)OCC)c1N. The van der Waals surface area contributed by atoms with Gasteiger partial charge in [0.25, 0.3) is 0 Å². The van der Waals surface area contributed by atoms with Crippen LogP contribution in [0.3, 0.4) is 0 Å². The number of imidazole rings is 1. The molecule has 1 aromatic rings. The topological polar surface area (TPSA) is 70.1 Å². The van der Waals surface area contributed by atoms with E-state index in [-0.39, 0.29) is 11.2 Å². The average molecular weight is 267 g/mol. The van der Waals surface area contributed by atoms with E-state index in [0.29, 0.717) is 12.4 Å². The van der Waals surface area contributed by atoms with Crippen molar-refractivity contribution in [2.24, 2.45) is 0 Å². The molecular formula is C14H25N3O2. The van der Waals surface area contributed by atoms with Crippen LogP contribution in [0, 0.1) is 0 Å². The number of aryl methyl sites for hydroxylation is 1. The van der Waals surface area contributed by atoms with Crippen LogP contribution >= 0.6 is 0 Å². The number of nitrogens with zero attached hydrogens (tertiary/aromatic N) is 2. The third-order valence-corrected chi connectivity index (χ3v) is 3.23. The molecule has 0 radical (unpaired) electrons. The number of nitrogens with two attached hydrogens (primary N) is 1. The van der Waals surface area contributed by atoms with Gasteiger partial charge >= 0.3 is 5.97 Å². The quantitative estimate of drug-likeness (QED) is 0.804. The predicted molar refractivity (Wildman–Crippen MR) is 76.2 cm³/mol. The second-order valence-electron chi connectivity index (χ2n) is 5.23. The van der Waals surface area contributed by atoms with Gasteiger partial charge in [0.15, 0.2) is 5.69 Å². The highest BCUT2D eigenvalue weighted by atomic mass is 16.5. The maximum atomic E-state index is 11.9. The van der Waals surface area contributed by atoms with Crippen molar-refractivity contribution in [2.75, 3.05) is 12.3 Å². The fourth-order valence-corrected chi connectivity index (χ4v) is 2.47. The molecule has 0 aromatic carbocycles. The molecular weight excluding hydrogens is 242 g/mol. The first kappa shape index (κ1) is 15.5. The lowest BCUT2D eigenvalue weighted by molar-refractivity contribution is 0.0521. The number of hydrogen-bond donors (Lipinski definition) is 1. The summed E-state index contributed by atoms with van der Waals surface area (Å²) in [6.45, 7) is 10.5. The standard InChI is InChI=1S/C14H25N3O2/c1-6-9-14(4,5)17-10(7-2)16-11(12(17)15)13(18)19-8-3/h6-9,15H2,1-5H3. The summed E-state index contributed by atoms with van der Waals surface area (Å²) < 4.78 is 6.97. The van der Waals surface area contributed by atoms with Crippen molar-refractivity contribution in [2.45, 2.75) is 59.4 Å². The lowest BCUT2D eigenvalue weighted by Gasteiger charge is -2.29. The molecule has 0 saturated carbocycles. The Balaban J connectivity index is 3.28. The minimum atomic E-state index is -0.444. The summed E-state index contributed by atoms with van der Waals surface area (Å²) in [6, 6.07) is 0. The van der Waals surface area contributed by atoms with Crippen LogP contribution in [-0.4, -0.2) is 22.1 Å². The first-order valence-electron chi connectivity index (χ1n) is 6.93. The van der Waals surface area contributed by atoms with Gasteiger partial charge in [0.2, 0.25) is 0 Å². The number of nitrogen functional groups attached to an aromatic ring is 1. The minimum absolute atomic E-state index is 0.151. The molecule has 0 aliphatic heterocycles. The molecule has 5 heteroatoms. The molecule has 0 atom stereocenters. The number of esters is 1. The Morgan fingerprint density at radius 3 is 2.47 bits per heavy atom. The minimum Gasteiger partial charge on any atom is -0.461 e. The smallest absolute Gasteiger partial charge is 0.360 e. The lowest BCUT2D eigenvalue weighted by Crippen LogP contribution is -2.29. The Morgan fingerprint density at radius 1 is 1.37 bits per heavy atom. The molecule has 2 N–H and O–H groups in total. The third kappa shape index (κ3) is 3.08. The number of aromatic nitrogens is 2. The van der Waals surface area contributed by atoms with Crippen molar-refractivity contribution in [1.29, 1.82) is 0 Å². The Bertz CT molecular complexity index is 450. The summed E-state index contributed by atoms with van der Waals surface area (Å²) in [6.07, 6.45) is 2.75. The molecule has 0 amide bonds. The summed E-state index contributed by atoms with van der Waals surface area (Å²) in [5.41, 5.74) is 6.21. The predicted octanol–water partition coefficient (Wildman–Crippen LogP) is 2.74. The highest BCUT2D eigenvalue weighted by molar-refractivity contribution is 5.92. The van der Waals surface area contributed by atoms with Gasteiger partial charge < -0.3 is 15.0 Å². The number of rotatable bonds is 6. The molecule has 0 aliphatic carbocycles. The number of carbonyl (C=O) groups is 1. The Morgan fingerprint density at radius 2 is 2.00 bits per heavy atom. The molecule has 5 nitrogen and oxygen atoms in total. The van der Waals surface area contributed by atoms with Gasteiger partial charge in [-0.15, -0.1) is 0 Å². The van der Waals surface area contributed by atoms with Gasteiger partial charge in [0, 0.05) is 12.0 Å². The molecule has 0 bridgehead atoms. The van der Waals surface area contributed by atoms with E-state index in [4.69, 9.17) is 10.5 Å². The average Bonchev–Trinajstić information content (AvgIpc) is 2.67. The van der Waals surface area contributed by atoms with Gasteiger partial charge in [-0.1, -0.05) is 20.3 Å². The summed E-state index contributed by atoms with van der Waals surface area (Å²) in [5.74, 6) is 0.800. The van der Waals surface area contributed by atoms with Gasteiger partial charge in [0.1, 0.15) is 11.6 Å². The second kappa shape index (κ2) is 6.08. The molecule has 0 unspecified atom stereocenters. The Kier molecular flexibility index (Phi) is 4.97. The molecule has 0 saturated heterocycles. The van der Waals surface area contributed by atoms with Crippen molar-refractivity contribution in [1.82, 2.24) is 9.55 Å². The third-order valence-electron chi connectivity index (χ3n) is 3.23. The van der Waals surface area contributed by atoms with Crippen LogP contribution < -0.4 is 5.73 Å². The molecule has 1 heterocycles. The van der Waals surface area contributed by atoms with Gasteiger partial charge in [0.05, 0.1) is 6.61 Å². The first-order chi connectivity index (χ1) is 8.88. The number of anilines is 1. The normalized spacial score (nSPS) is 11.6. The zero-order chi connectivity index (χ0) is 14.6. The van der Waals surface area contributed by atoms with E-state index < -0.39 is 5.97 Å². The summed E-state index contributed by atoms with van der Waals surface area (Å²) in [4.78, 5) is 16.2. The van der Waals surface area contributed by atoms with Gasteiger partial charge in [-0.2, -0.15) is 0 Å². The van der Waals surface area contributed by atoms with Crippen molar-refractivity contribution in [3.8, 4) is 0 Å². The van der Waals surface area contributed by atoms with Crippen LogP contribution in [0.25, 0.3) is 0 Å². The van der Waals surface area contributed by atoms with E-state index in [1.807, 2.05) is 11.5 Å². The highest BCUT2D eigenvalue weighted by Crippen LogP contribution is 2.29. The van der Waals surface area contributed by atoms with Crippen LogP contribution in [-0.2, 0) is 16.7 Å². The van der Waals surface area contributed by atoms with Crippen LogP contribution in [0.5, 0.6) is 0 Å². The van der Waals surface area contributed by atoms with Crippen molar-refractivity contribution < 1.29 is 9.53 Å². The van der Waals surface area contributed by atoms with Crippen LogP contribution in [0.2, 0.25) is 0 Å². The molecule has 0 spiro atoms. The second-order valence-corrected chi connectivity index (χ2v) is 5.23. The van der Waals surface area contributed by atoms with Crippen molar-refractivity contribution >= 4 is 11.8 Å². The van der Waals surface area contributed by atoms with Gasteiger partial charge in [-0.05, 0) is 27.2 Å². The fraction of sp³-hybridized carbons (Fsp3) is 0.714. The van der Waals surface area contributed by atoms with E-state index in [9.17, 15) is 4.79 Å². The maximum absolute atomic E-state index is 11.9. The van der Waals surface area contributed by atoms with E-state index in [1.54, 1.807) is 6.92 Å². The molecule has 1 rings (SSSR count). The summed E-state index contributed by atoms with van der Waals surface area (Å²) in [7, 11) is 0. The summed E-state index contributed by atoms with van der Waals surface area (Å²) >= 11 is 0. The Hall–Kier alpha value is -1.52. The van der Waals surface area contributed by atoms with E-state index in [0.717, 1.165) is 25.1 Å². The van der Waals surface area contributed by atoms with Crippen LogP contribution in [0.1, 0.15) is 63.8 Å². The zero-order valence-corrected chi connectivity index (χ0v) is 12.6. The fourth-order valence-electron chi connectivity index (χ4n) is 2.47. The van der Waals surface area contributed by atoms with Crippen molar-refractivity contribution in [3.63, 3.8) is 0 Å². The monoisotopic (exact) mass is 267 g/mol. The Labute approximate surface area is 115 Å². The molecule has 0 aliphatic rings. The maximum Gasteiger partial charge on any atom is 0.360 e. The van der Waals surface area contributed by atoms with Gasteiger partial charge in [-0.3, -0.25) is 0 Å². The molecule has 0 fully saturated rings. The highest BCUT2D eigenvalue weighted by Gasteiger charge is 2.29. The number of carbonyl (C=O) groups excluding carboxylic acids is 1. The number of ether oxygens (including phenoxy) is 1. The molecule has 1 aromatic heterocycles. The van der Waals surface area contributed by atoms with E-state index in [2.05, 4.69) is 25.8 Å². The van der Waals surface area contributed by atoms with Crippen molar-refractivity contribution in [3.05, 3.63) is 11.5 Å². The molecule has 108 valence electrons. The van der Waals surface area contributed by atoms with E-state index >= 15 is 0 Å². The van der Waals surface area contributed by atoms with E-state index in [1.165, 1.54) is 0 Å². The van der Waals surface area contributed by atoms with Crippen LogP contribution in [0.4, 0.5) is 5.82 Å². The van der Waals surface area contributed by atoms with Gasteiger partial charge in [-0.25, -0.2) is 9.78 Å². The lowest BCUT2D eigenvalue weighted by atomic mass is 9.98. The first-order valence-corrected chi connectivity index (χ1v) is 6.93. The number of hydrogen-bond acceptors (Lipinski definition) is 4. The van der Waals surface area contributed by atoms with Crippen LogP contribution in [0.15, 0.2) is 0 Å². The molecule has 19 heavy (non-hydrogen) atoms. The summed E-state index contributed by atoms with van der Waals surface area (Å²) in [5, 5.41) is 0. The largest absolute Gasteiger partial charge is 0.461 e. The zero-order valence-electron chi connectivity index (χ0n) is 12.6.